The van der Waals surface area contributed by atoms with E-state index in [0.29, 0.717) is 0 Å². The highest BCUT2D eigenvalue weighted by atomic mass is 31.1. The van der Waals surface area contributed by atoms with Crippen LogP contribution in [-0.4, -0.2) is 42.3 Å². The molecule has 3 heteroatoms. The Labute approximate surface area is 51.3 Å². The van der Waals surface area contributed by atoms with E-state index in [0.717, 1.165) is 25.4 Å². The molecule has 1 heterocycles. The number of rotatable bonds is 0. The van der Waals surface area contributed by atoms with Gasteiger partial charge in [-0.15, -0.1) is 0 Å². The van der Waals surface area contributed by atoms with Crippen molar-refractivity contribution in [2.45, 2.75) is 0 Å². The van der Waals surface area contributed by atoms with Crippen molar-refractivity contribution in [3.8, 4) is 0 Å². The fourth-order valence-corrected chi connectivity index (χ4v) is 2.16. The first-order chi connectivity index (χ1) is 3.79. The smallest absolute Gasteiger partial charge is 0.0277 e. The topological polar surface area (TPSA) is 23.5 Å². The molecule has 0 atom stereocenters. The van der Waals surface area contributed by atoms with Gasteiger partial charge in [0.2, 0.25) is 0 Å². The predicted octanol–water partition coefficient (Wildman–Crippen LogP) is 0.321. The zero-order valence-electron chi connectivity index (χ0n) is 5.17. The molecule has 0 radical (unpaired) electrons. The fourth-order valence-electron chi connectivity index (χ4n) is 0.796. The van der Waals surface area contributed by atoms with Gasteiger partial charge in [0.15, 0.2) is 0 Å². The van der Waals surface area contributed by atoms with E-state index in [-0.39, 0.29) is 0 Å². The van der Waals surface area contributed by atoms with Gasteiger partial charge in [-0.3, -0.25) is 0 Å². The molecule has 1 aliphatic rings. The molecule has 2 nitrogen and oxygen atoms in total. The van der Waals surface area contributed by atoms with Crippen LogP contribution in [0.1, 0.15) is 0 Å². The summed E-state index contributed by atoms with van der Waals surface area (Å²) in [6, 6.07) is 0. The molecule has 0 bridgehead atoms. The second-order valence-corrected chi connectivity index (χ2v) is 4.16. The Bertz CT molecular complexity index is 60.8. The Morgan fingerprint density at radius 2 is 1.88 bits per heavy atom. The summed E-state index contributed by atoms with van der Waals surface area (Å²) in [5.41, 5.74) is 0. The second-order valence-electron chi connectivity index (χ2n) is 2.26. The summed E-state index contributed by atoms with van der Waals surface area (Å²) in [6.07, 6.45) is 2.04. The van der Waals surface area contributed by atoms with Crippen molar-refractivity contribution in [3.63, 3.8) is 0 Å². The van der Waals surface area contributed by atoms with E-state index in [9.17, 15) is 0 Å². The van der Waals surface area contributed by atoms with Crippen LogP contribution in [0.15, 0.2) is 0 Å². The van der Waals surface area contributed by atoms with Crippen LogP contribution in [0, 0.1) is 0 Å². The normalized spacial score (nSPS) is 26.2. The van der Waals surface area contributed by atoms with Crippen LogP contribution in [-0.2, 0) is 0 Å². The van der Waals surface area contributed by atoms with Crippen molar-refractivity contribution in [2.24, 2.45) is 0 Å². The molecule has 1 N–H and O–H groups in total. The molecule has 0 spiro atoms. The van der Waals surface area contributed by atoms with Gasteiger partial charge >= 0.3 is 0 Å². The highest BCUT2D eigenvalue weighted by Crippen LogP contribution is 2.31. The van der Waals surface area contributed by atoms with Crippen LogP contribution in [0.5, 0.6) is 0 Å². The van der Waals surface area contributed by atoms with Crippen LogP contribution < -0.4 is 0 Å². The van der Waals surface area contributed by atoms with E-state index in [4.69, 9.17) is 4.89 Å². The zero-order chi connectivity index (χ0) is 5.98. The summed E-state index contributed by atoms with van der Waals surface area (Å²) < 4.78 is 0. The molecular weight excluding hydrogens is 121 g/mol. The molecule has 0 aliphatic carbocycles. The van der Waals surface area contributed by atoms with Gasteiger partial charge in [-0.25, -0.2) is 0 Å². The van der Waals surface area contributed by atoms with E-state index in [1.807, 2.05) is 0 Å². The maximum Gasteiger partial charge on any atom is 0.0277 e. The first-order valence-corrected chi connectivity index (χ1v) is 4.58. The number of hydrogen-bond acceptors (Lipinski definition) is 2. The van der Waals surface area contributed by atoms with Crippen LogP contribution >= 0.6 is 8.15 Å². The third-order valence-electron chi connectivity index (χ3n) is 1.48. The van der Waals surface area contributed by atoms with Crippen LogP contribution in [0.25, 0.3) is 0 Å². The molecule has 48 valence electrons. The summed E-state index contributed by atoms with van der Waals surface area (Å²) >= 11 is 0. The summed E-state index contributed by atoms with van der Waals surface area (Å²) in [4.78, 5) is 11.3. The predicted molar refractivity (Wildman–Crippen MR) is 36.4 cm³/mol. The molecule has 0 amide bonds. The van der Waals surface area contributed by atoms with Gasteiger partial charge in [0.25, 0.3) is 0 Å². The summed E-state index contributed by atoms with van der Waals surface area (Å²) in [5, 5.41) is 0. The lowest BCUT2D eigenvalue weighted by molar-refractivity contribution is 0.359. The second kappa shape index (κ2) is 2.77. The molecule has 0 saturated carbocycles. The first-order valence-electron chi connectivity index (χ1n) is 2.91. The molecule has 1 rings (SSSR count). The summed E-state index contributed by atoms with van der Waals surface area (Å²) in [5.74, 6) is 0. The SMILES string of the molecule is CN1CCP(O)CC1. The average Bonchev–Trinajstić information content (AvgIpc) is 1.77. The molecule has 8 heavy (non-hydrogen) atoms. The van der Waals surface area contributed by atoms with Gasteiger partial charge < -0.3 is 9.79 Å². The van der Waals surface area contributed by atoms with E-state index >= 15 is 0 Å². The largest absolute Gasteiger partial charge is 0.374 e. The number of hydrogen-bond donors (Lipinski definition) is 1. The maximum atomic E-state index is 9.07. The molecule has 1 aliphatic heterocycles. The maximum absolute atomic E-state index is 9.07. The van der Waals surface area contributed by atoms with Crippen molar-refractivity contribution in [2.75, 3.05) is 32.5 Å². The first kappa shape index (κ1) is 6.47. The molecule has 0 aromatic rings. The van der Waals surface area contributed by atoms with Crippen LogP contribution in [0.4, 0.5) is 0 Å². The average molecular weight is 133 g/mol. The Hall–Kier alpha value is 0.350. The number of nitrogens with zero attached hydrogens (tertiary/aromatic N) is 1. The quantitative estimate of drug-likeness (QED) is 0.481. The lowest BCUT2D eigenvalue weighted by atomic mass is 10.6. The minimum Gasteiger partial charge on any atom is -0.374 e. The third kappa shape index (κ3) is 1.70. The lowest BCUT2D eigenvalue weighted by Gasteiger charge is -2.24. The van der Waals surface area contributed by atoms with Crippen LogP contribution in [0.2, 0.25) is 0 Å². The highest BCUT2D eigenvalue weighted by molar-refractivity contribution is 7.51. The third-order valence-corrected chi connectivity index (χ3v) is 2.91. The summed E-state index contributed by atoms with van der Waals surface area (Å²) in [6.45, 7) is 2.17. The Morgan fingerprint density at radius 3 is 2.25 bits per heavy atom. The van der Waals surface area contributed by atoms with Gasteiger partial charge in [-0.05, 0) is 7.05 Å². The van der Waals surface area contributed by atoms with Gasteiger partial charge in [0, 0.05) is 33.6 Å². The Balaban J connectivity index is 2.19. The molecular formula is C5H12NOP. The standard InChI is InChI=1S/C5H12NOP/c1-6-2-4-8(7)5-3-6/h7H,2-5H2,1H3. The summed E-state index contributed by atoms with van der Waals surface area (Å²) in [7, 11) is 1.54. The van der Waals surface area contributed by atoms with E-state index in [1.165, 1.54) is 0 Å². The van der Waals surface area contributed by atoms with E-state index in [1.54, 1.807) is 0 Å². The molecule has 0 aromatic carbocycles. The van der Waals surface area contributed by atoms with Gasteiger partial charge in [0.1, 0.15) is 0 Å². The van der Waals surface area contributed by atoms with E-state index < -0.39 is 8.15 Å². The van der Waals surface area contributed by atoms with Crippen molar-refractivity contribution in [3.05, 3.63) is 0 Å². The lowest BCUT2D eigenvalue weighted by Crippen LogP contribution is -2.29. The van der Waals surface area contributed by atoms with Crippen molar-refractivity contribution < 1.29 is 4.89 Å². The van der Waals surface area contributed by atoms with Gasteiger partial charge in [0.05, 0.1) is 0 Å². The molecule has 1 fully saturated rings. The van der Waals surface area contributed by atoms with Crippen molar-refractivity contribution in [1.29, 1.82) is 0 Å². The zero-order valence-corrected chi connectivity index (χ0v) is 6.06. The molecule has 1 saturated heterocycles. The molecule has 0 aromatic heterocycles. The van der Waals surface area contributed by atoms with Gasteiger partial charge in [-0.1, -0.05) is 0 Å². The molecule has 0 unspecified atom stereocenters. The van der Waals surface area contributed by atoms with Crippen molar-refractivity contribution in [1.82, 2.24) is 4.90 Å². The van der Waals surface area contributed by atoms with Crippen molar-refractivity contribution >= 4 is 8.15 Å². The Morgan fingerprint density at radius 1 is 1.38 bits per heavy atom. The minimum atomic E-state index is -0.560. The van der Waals surface area contributed by atoms with Crippen LogP contribution in [0.3, 0.4) is 0 Å². The van der Waals surface area contributed by atoms with Gasteiger partial charge in [-0.2, -0.15) is 0 Å². The minimum absolute atomic E-state index is 0.560. The monoisotopic (exact) mass is 133 g/mol. The van der Waals surface area contributed by atoms with E-state index in [2.05, 4.69) is 11.9 Å². The Kier molecular flexibility index (Phi) is 2.24. The highest BCUT2D eigenvalue weighted by Gasteiger charge is 2.12. The fraction of sp³-hybridized carbons (Fsp3) is 1.00.